The highest BCUT2D eigenvalue weighted by Gasteiger charge is 2.19. The zero-order valence-corrected chi connectivity index (χ0v) is 19.5. The molecule has 1 amide bonds. The van der Waals surface area contributed by atoms with Crippen molar-refractivity contribution in [2.75, 3.05) is 48.3 Å². The molecule has 0 aliphatic carbocycles. The predicted octanol–water partition coefficient (Wildman–Crippen LogP) is 2.88. The van der Waals surface area contributed by atoms with Gasteiger partial charge in [0.15, 0.2) is 0 Å². The van der Waals surface area contributed by atoms with Gasteiger partial charge in [0, 0.05) is 68.7 Å². The van der Waals surface area contributed by atoms with Gasteiger partial charge < -0.3 is 20.9 Å². The molecule has 1 saturated heterocycles. The maximum Gasteiger partial charge on any atom is 0.255 e. The van der Waals surface area contributed by atoms with Gasteiger partial charge in [0.1, 0.15) is 11.6 Å². The highest BCUT2D eigenvalue weighted by molar-refractivity contribution is 6.05. The molecule has 0 atom stereocenters. The van der Waals surface area contributed by atoms with E-state index in [0.29, 0.717) is 17.8 Å². The lowest BCUT2D eigenvalue weighted by Crippen LogP contribution is -2.43. The van der Waals surface area contributed by atoms with Crippen LogP contribution in [0.4, 0.5) is 17.3 Å². The fraction of sp³-hybridized carbons (Fsp3) is 0.231. The first-order valence-corrected chi connectivity index (χ1v) is 11.8. The quantitative estimate of drug-likeness (QED) is 0.425. The molecule has 1 aromatic carbocycles. The van der Waals surface area contributed by atoms with E-state index in [1.807, 2.05) is 36.1 Å². The Hall–Kier alpha value is -4.24. The van der Waals surface area contributed by atoms with Gasteiger partial charge in [-0.25, -0.2) is 9.97 Å². The lowest BCUT2D eigenvalue weighted by molar-refractivity contribution is 0.102. The van der Waals surface area contributed by atoms with Crippen LogP contribution in [-0.4, -0.2) is 58.4 Å². The third kappa shape index (κ3) is 4.22. The molecule has 0 spiro atoms. The van der Waals surface area contributed by atoms with E-state index < -0.39 is 0 Å². The summed E-state index contributed by atoms with van der Waals surface area (Å²) in [5.41, 5.74) is 5.30. The second-order valence-electron chi connectivity index (χ2n) is 8.79. The summed E-state index contributed by atoms with van der Waals surface area (Å²) in [6.45, 7) is 4.27. The topological polar surface area (TPSA) is 100 Å². The second-order valence-corrected chi connectivity index (χ2v) is 8.79. The van der Waals surface area contributed by atoms with Crippen LogP contribution in [-0.2, 0) is 7.05 Å². The van der Waals surface area contributed by atoms with E-state index in [9.17, 15) is 4.79 Å². The lowest BCUT2D eigenvalue weighted by Gasteiger charge is -2.28. The number of rotatable bonds is 4. The van der Waals surface area contributed by atoms with Crippen LogP contribution in [0, 0.1) is 0 Å². The monoisotopic (exact) mass is 466 g/mol. The molecular formula is C26H26N8O. The van der Waals surface area contributed by atoms with Gasteiger partial charge in [0.25, 0.3) is 5.91 Å². The molecule has 176 valence electrons. The molecule has 6 rings (SSSR count). The van der Waals surface area contributed by atoms with Crippen molar-refractivity contribution in [3.8, 4) is 0 Å². The highest BCUT2D eigenvalue weighted by atomic mass is 16.1. The Bertz CT molecular complexity index is 1450. The zero-order valence-electron chi connectivity index (χ0n) is 19.5. The number of aryl methyl sites for hydroxylation is 1. The smallest absolute Gasteiger partial charge is 0.255 e. The molecule has 5 heterocycles. The van der Waals surface area contributed by atoms with Crippen molar-refractivity contribution < 1.29 is 4.79 Å². The van der Waals surface area contributed by atoms with Gasteiger partial charge in [0.05, 0.1) is 17.4 Å². The Kier molecular flexibility index (Phi) is 5.38. The molecule has 3 N–H and O–H groups in total. The first-order chi connectivity index (χ1) is 17.1. The minimum absolute atomic E-state index is 0.184. The van der Waals surface area contributed by atoms with Gasteiger partial charge in [-0.1, -0.05) is 12.1 Å². The van der Waals surface area contributed by atoms with Crippen LogP contribution in [0.5, 0.6) is 0 Å². The molecule has 2 aliphatic rings. The number of hydrogen-bond donors (Lipinski definition) is 3. The fourth-order valence-corrected chi connectivity index (χ4v) is 4.66. The minimum Gasteiger partial charge on any atom is -0.366 e. The van der Waals surface area contributed by atoms with Gasteiger partial charge in [-0.15, -0.1) is 0 Å². The molecule has 2 aliphatic heterocycles. The third-order valence-corrected chi connectivity index (χ3v) is 6.39. The molecule has 0 saturated carbocycles. The van der Waals surface area contributed by atoms with E-state index in [1.54, 1.807) is 18.5 Å². The van der Waals surface area contributed by atoms with Crippen molar-refractivity contribution in [1.82, 2.24) is 25.1 Å². The van der Waals surface area contributed by atoms with Crippen molar-refractivity contribution in [3.05, 3.63) is 77.8 Å². The highest BCUT2D eigenvalue weighted by Crippen LogP contribution is 2.34. The van der Waals surface area contributed by atoms with Crippen molar-refractivity contribution >= 4 is 39.7 Å². The predicted molar refractivity (Wildman–Crippen MR) is 138 cm³/mol. The number of aromatic nitrogens is 4. The molecule has 0 radical (unpaired) electrons. The van der Waals surface area contributed by atoms with Gasteiger partial charge in [0.2, 0.25) is 0 Å². The Balaban J connectivity index is 1.26. The second kappa shape index (κ2) is 8.84. The Morgan fingerprint density at radius 3 is 2.86 bits per heavy atom. The number of piperazine rings is 1. The summed E-state index contributed by atoms with van der Waals surface area (Å²) in [6.07, 6.45) is 7.54. The summed E-state index contributed by atoms with van der Waals surface area (Å²) in [5.74, 6) is 1.44. The number of pyridine rings is 2. The minimum atomic E-state index is -0.184. The van der Waals surface area contributed by atoms with Crippen molar-refractivity contribution in [2.24, 2.45) is 7.05 Å². The van der Waals surface area contributed by atoms with E-state index in [-0.39, 0.29) is 5.91 Å². The number of benzene rings is 1. The van der Waals surface area contributed by atoms with E-state index in [0.717, 1.165) is 65.4 Å². The van der Waals surface area contributed by atoms with Crippen LogP contribution >= 0.6 is 0 Å². The van der Waals surface area contributed by atoms with Crippen LogP contribution in [0.2, 0.25) is 0 Å². The average molecular weight is 467 g/mol. The van der Waals surface area contributed by atoms with Crippen molar-refractivity contribution in [1.29, 1.82) is 0 Å². The molecule has 1 fully saturated rings. The number of amides is 1. The number of carbonyl (C=O) groups excluding carboxylic acids is 1. The summed E-state index contributed by atoms with van der Waals surface area (Å²) in [7, 11) is 1.92. The van der Waals surface area contributed by atoms with Crippen LogP contribution in [0.1, 0.15) is 21.5 Å². The number of hydrogen-bond acceptors (Lipinski definition) is 7. The van der Waals surface area contributed by atoms with Gasteiger partial charge >= 0.3 is 0 Å². The third-order valence-electron chi connectivity index (χ3n) is 6.39. The Labute approximate surface area is 202 Å². The van der Waals surface area contributed by atoms with E-state index in [4.69, 9.17) is 0 Å². The zero-order chi connectivity index (χ0) is 23.8. The summed E-state index contributed by atoms with van der Waals surface area (Å²) in [4.78, 5) is 24.3. The number of nitrogens with one attached hydrogen (secondary N) is 3. The molecule has 0 unspecified atom stereocenters. The number of carbonyl (C=O) groups is 1. The van der Waals surface area contributed by atoms with Crippen molar-refractivity contribution in [2.45, 2.75) is 0 Å². The van der Waals surface area contributed by atoms with Crippen LogP contribution < -0.4 is 20.9 Å². The number of nitrogens with zero attached hydrogens (tertiary/aromatic N) is 5. The summed E-state index contributed by atoms with van der Waals surface area (Å²) in [5, 5.41) is 15.2. The molecule has 35 heavy (non-hydrogen) atoms. The molecule has 3 aromatic heterocycles. The SMILES string of the molecule is Cn1cc2cc(C3=CCNc4ncc(NC(=O)c5ccnc(N6CCNCC6)c5)cc43)ccc2n1. The summed E-state index contributed by atoms with van der Waals surface area (Å²) >= 11 is 0. The van der Waals surface area contributed by atoms with E-state index >= 15 is 0 Å². The summed E-state index contributed by atoms with van der Waals surface area (Å²) in [6, 6.07) is 11.8. The van der Waals surface area contributed by atoms with Crippen LogP contribution in [0.3, 0.4) is 0 Å². The normalized spacial score (nSPS) is 15.3. The first kappa shape index (κ1) is 21.3. The largest absolute Gasteiger partial charge is 0.366 e. The van der Waals surface area contributed by atoms with Gasteiger partial charge in [-0.3, -0.25) is 9.48 Å². The molecular weight excluding hydrogens is 440 g/mol. The van der Waals surface area contributed by atoms with Gasteiger partial charge in [-0.2, -0.15) is 5.10 Å². The van der Waals surface area contributed by atoms with Crippen LogP contribution in [0.15, 0.2) is 61.1 Å². The van der Waals surface area contributed by atoms with Crippen LogP contribution in [0.25, 0.3) is 16.5 Å². The molecule has 4 aromatic rings. The maximum atomic E-state index is 13.1. The first-order valence-electron chi connectivity index (χ1n) is 11.8. The van der Waals surface area contributed by atoms with Gasteiger partial charge in [-0.05, 0) is 41.5 Å². The lowest BCUT2D eigenvalue weighted by atomic mass is 9.95. The molecule has 9 nitrogen and oxygen atoms in total. The van der Waals surface area contributed by atoms with Crippen molar-refractivity contribution in [3.63, 3.8) is 0 Å². The molecule has 9 heteroatoms. The fourth-order valence-electron chi connectivity index (χ4n) is 4.66. The Morgan fingerprint density at radius 1 is 1.09 bits per heavy atom. The maximum absolute atomic E-state index is 13.1. The number of fused-ring (bicyclic) bond motifs is 2. The Morgan fingerprint density at radius 2 is 1.97 bits per heavy atom. The number of anilines is 3. The average Bonchev–Trinajstić information content (AvgIpc) is 3.28. The summed E-state index contributed by atoms with van der Waals surface area (Å²) < 4.78 is 1.82. The van der Waals surface area contributed by atoms with E-state index in [1.165, 1.54) is 0 Å². The van der Waals surface area contributed by atoms with E-state index in [2.05, 4.69) is 54.1 Å². The standard InChI is InChI=1S/C26H26N8O/c1-33-16-19-12-17(2-3-23(19)32-33)21-5-7-29-25-22(21)14-20(15-30-25)31-26(35)18-4-6-28-24(13-18)34-10-8-27-9-11-34/h2-6,12-16,27H,7-11H2,1H3,(H,29,30)(H,31,35). The molecule has 0 bridgehead atoms.